The first-order valence-corrected chi connectivity index (χ1v) is 7.11. The molecule has 0 saturated heterocycles. The standard InChI is InChI=1S/C14H26N4/c1-6-7-10(2)12-16-17-13-11(14(3,4)5)15-8-9-18(12)13/h10-11,15H,6-9H2,1-5H3. The predicted molar refractivity (Wildman–Crippen MR) is 73.5 cm³/mol. The molecule has 4 heteroatoms. The molecule has 1 aromatic rings. The van der Waals surface area contributed by atoms with Gasteiger partial charge in [-0.1, -0.05) is 41.0 Å². The zero-order valence-corrected chi connectivity index (χ0v) is 12.3. The van der Waals surface area contributed by atoms with Crippen LogP contribution < -0.4 is 5.32 Å². The lowest BCUT2D eigenvalue weighted by atomic mass is 9.85. The molecule has 1 N–H and O–H groups in total. The molecule has 0 bridgehead atoms. The third-order valence-electron chi connectivity index (χ3n) is 3.78. The number of hydrogen-bond donors (Lipinski definition) is 1. The van der Waals surface area contributed by atoms with E-state index in [1.54, 1.807) is 0 Å². The molecule has 18 heavy (non-hydrogen) atoms. The highest BCUT2D eigenvalue weighted by atomic mass is 15.3. The van der Waals surface area contributed by atoms with Gasteiger partial charge in [-0.05, 0) is 11.8 Å². The number of nitrogens with one attached hydrogen (secondary N) is 1. The van der Waals surface area contributed by atoms with Gasteiger partial charge in [0.1, 0.15) is 5.82 Å². The minimum absolute atomic E-state index is 0.177. The van der Waals surface area contributed by atoms with Crippen LogP contribution in [0.3, 0.4) is 0 Å². The van der Waals surface area contributed by atoms with Crippen LogP contribution in [-0.2, 0) is 6.54 Å². The first-order chi connectivity index (χ1) is 8.45. The summed E-state index contributed by atoms with van der Waals surface area (Å²) >= 11 is 0. The van der Waals surface area contributed by atoms with Gasteiger partial charge >= 0.3 is 0 Å². The van der Waals surface area contributed by atoms with Gasteiger partial charge in [-0.15, -0.1) is 10.2 Å². The first kappa shape index (κ1) is 13.5. The van der Waals surface area contributed by atoms with Gasteiger partial charge in [0.25, 0.3) is 0 Å². The van der Waals surface area contributed by atoms with Gasteiger partial charge in [-0.3, -0.25) is 0 Å². The van der Waals surface area contributed by atoms with E-state index >= 15 is 0 Å². The molecule has 4 nitrogen and oxygen atoms in total. The Morgan fingerprint density at radius 2 is 2.11 bits per heavy atom. The lowest BCUT2D eigenvalue weighted by molar-refractivity contribution is 0.231. The third kappa shape index (κ3) is 2.44. The largest absolute Gasteiger partial charge is 0.312 e. The van der Waals surface area contributed by atoms with Gasteiger partial charge in [-0.25, -0.2) is 0 Å². The summed E-state index contributed by atoms with van der Waals surface area (Å²) in [5, 5.41) is 12.5. The van der Waals surface area contributed by atoms with Crippen molar-refractivity contribution in [2.75, 3.05) is 6.54 Å². The van der Waals surface area contributed by atoms with Crippen molar-refractivity contribution in [1.29, 1.82) is 0 Å². The molecule has 0 saturated carbocycles. The Kier molecular flexibility index (Phi) is 3.76. The summed E-state index contributed by atoms with van der Waals surface area (Å²) < 4.78 is 2.34. The monoisotopic (exact) mass is 250 g/mol. The summed E-state index contributed by atoms with van der Waals surface area (Å²) in [7, 11) is 0. The summed E-state index contributed by atoms with van der Waals surface area (Å²) in [5.74, 6) is 2.80. The normalized spacial score (nSPS) is 21.7. The minimum Gasteiger partial charge on any atom is -0.312 e. The van der Waals surface area contributed by atoms with Crippen LogP contribution in [0.25, 0.3) is 0 Å². The molecule has 1 aliphatic rings. The number of hydrogen-bond acceptors (Lipinski definition) is 3. The Morgan fingerprint density at radius 3 is 2.72 bits per heavy atom. The Bertz CT molecular complexity index is 402. The first-order valence-electron chi connectivity index (χ1n) is 7.11. The average Bonchev–Trinajstić information content (AvgIpc) is 2.71. The minimum atomic E-state index is 0.177. The highest BCUT2D eigenvalue weighted by Crippen LogP contribution is 2.34. The second kappa shape index (κ2) is 5.00. The third-order valence-corrected chi connectivity index (χ3v) is 3.78. The van der Waals surface area contributed by atoms with E-state index in [4.69, 9.17) is 0 Å². The molecule has 2 atom stereocenters. The van der Waals surface area contributed by atoms with Gasteiger partial charge < -0.3 is 9.88 Å². The molecule has 0 radical (unpaired) electrons. The van der Waals surface area contributed by atoms with Gasteiger partial charge in [0.05, 0.1) is 6.04 Å². The fourth-order valence-corrected chi connectivity index (χ4v) is 2.80. The van der Waals surface area contributed by atoms with E-state index in [1.807, 2.05) is 0 Å². The van der Waals surface area contributed by atoms with Gasteiger partial charge in [0.2, 0.25) is 0 Å². The van der Waals surface area contributed by atoms with Crippen LogP contribution in [0, 0.1) is 5.41 Å². The predicted octanol–water partition coefficient (Wildman–Crippen LogP) is 2.87. The van der Waals surface area contributed by atoms with Crippen LogP contribution in [0.15, 0.2) is 0 Å². The Labute approximate surface area is 110 Å². The van der Waals surface area contributed by atoms with Crippen molar-refractivity contribution in [2.24, 2.45) is 5.41 Å². The summed E-state index contributed by atoms with van der Waals surface area (Å²) in [5.41, 5.74) is 0.177. The van der Waals surface area contributed by atoms with Crippen LogP contribution in [0.4, 0.5) is 0 Å². The van der Waals surface area contributed by atoms with Gasteiger partial charge in [0, 0.05) is 19.0 Å². The molecule has 2 heterocycles. The van der Waals surface area contributed by atoms with E-state index < -0.39 is 0 Å². The molecule has 2 unspecified atom stereocenters. The maximum absolute atomic E-state index is 4.46. The van der Waals surface area contributed by atoms with Crippen LogP contribution in [0.1, 0.15) is 71.1 Å². The van der Waals surface area contributed by atoms with Gasteiger partial charge in [-0.2, -0.15) is 0 Å². The number of aromatic nitrogens is 3. The van der Waals surface area contributed by atoms with Crippen LogP contribution in [-0.4, -0.2) is 21.3 Å². The molecule has 1 aromatic heterocycles. The van der Waals surface area contributed by atoms with E-state index in [-0.39, 0.29) is 5.41 Å². The van der Waals surface area contributed by atoms with Crippen molar-refractivity contribution < 1.29 is 0 Å². The molecule has 0 spiro atoms. The van der Waals surface area contributed by atoms with Crippen molar-refractivity contribution >= 4 is 0 Å². The highest BCUT2D eigenvalue weighted by molar-refractivity contribution is 5.10. The second-order valence-corrected chi connectivity index (χ2v) is 6.51. The maximum Gasteiger partial charge on any atom is 0.150 e. The molecular formula is C14H26N4. The Hall–Kier alpha value is -0.900. The van der Waals surface area contributed by atoms with E-state index in [2.05, 4.69) is 54.7 Å². The summed E-state index contributed by atoms with van der Waals surface area (Å²) in [6.45, 7) is 13.3. The zero-order chi connectivity index (χ0) is 13.3. The summed E-state index contributed by atoms with van der Waals surface area (Å²) in [6, 6.07) is 0.307. The number of fused-ring (bicyclic) bond motifs is 1. The van der Waals surface area contributed by atoms with E-state index in [0.717, 1.165) is 18.9 Å². The zero-order valence-electron chi connectivity index (χ0n) is 12.3. The van der Waals surface area contributed by atoms with Gasteiger partial charge in [0.15, 0.2) is 5.82 Å². The number of rotatable bonds is 3. The van der Waals surface area contributed by atoms with Crippen LogP contribution in [0.5, 0.6) is 0 Å². The molecule has 0 fully saturated rings. The van der Waals surface area contributed by atoms with E-state index in [1.165, 1.54) is 18.7 Å². The van der Waals surface area contributed by atoms with E-state index in [9.17, 15) is 0 Å². The van der Waals surface area contributed by atoms with Crippen LogP contribution >= 0.6 is 0 Å². The summed E-state index contributed by atoms with van der Waals surface area (Å²) in [6.07, 6.45) is 2.38. The Morgan fingerprint density at radius 1 is 1.39 bits per heavy atom. The maximum atomic E-state index is 4.46. The smallest absolute Gasteiger partial charge is 0.150 e. The highest BCUT2D eigenvalue weighted by Gasteiger charge is 2.34. The molecule has 1 aliphatic heterocycles. The molecule has 0 aliphatic carbocycles. The van der Waals surface area contributed by atoms with Crippen molar-refractivity contribution in [3.8, 4) is 0 Å². The average molecular weight is 250 g/mol. The quantitative estimate of drug-likeness (QED) is 0.897. The van der Waals surface area contributed by atoms with Crippen LogP contribution in [0.2, 0.25) is 0 Å². The molecule has 2 rings (SSSR count). The molecule has 102 valence electrons. The lowest BCUT2D eigenvalue weighted by Crippen LogP contribution is -2.41. The van der Waals surface area contributed by atoms with E-state index in [0.29, 0.717) is 12.0 Å². The van der Waals surface area contributed by atoms with Crippen molar-refractivity contribution in [2.45, 2.75) is 66.0 Å². The fourth-order valence-electron chi connectivity index (χ4n) is 2.80. The van der Waals surface area contributed by atoms with Crippen molar-refractivity contribution in [3.63, 3.8) is 0 Å². The lowest BCUT2D eigenvalue weighted by Gasteiger charge is -2.34. The topological polar surface area (TPSA) is 42.7 Å². The van der Waals surface area contributed by atoms with Crippen molar-refractivity contribution in [3.05, 3.63) is 11.6 Å². The fraction of sp³-hybridized carbons (Fsp3) is 0.857. The molecule has 0 amide bonds. The number of nitrogens with zero attached hydrogens (tertiary/aromatic N) is 3. The SMILES string of the molecule is CCCC(C)c1nnc2n1CCNC2C(C)(C)C. The summed E-state index contributed by atoms with van der Waals surface area (Å²) in [4.78, 5) is 0. The molecular weight excluding hydrogens is 224 g/mol. The molecule has 0 aromatic carbocycles. The second-order valence-electron chi connectivity index (χ2n) is 6.51. The van der Waals surface area contributed by atoms with Crippen molar-refractivity contribution in [1.82, 2.24) is 20.1 Å². The Balaban J connectivity index is 2.32.